The highest BCUT2D eigenvalue weighted by molar-refractivity contribution is 7.89. The van der Waals surface area contributed by atoms with Crippen LogP contribution in [0.2, 0.25) is 0 Å². The summed E-state index contributed by atoms with van der Waals surface area (Å²) in [4.78, 5) is 24.1. The van der Waals surface area contributed by atoms with Crippen LogP contribution in [0, 0.1) is 5.92 Å². The summed E-state index contributed by atoms with van der Waals surface area (Å²) in [5.74, 6) is -1.49. The number of rotatable bonds is 3. The molecule has 8 nitrogen and oxygen atoms in total. The minimum absolute atomic E-state index is 0.106. The van der Waals surface area contributed by atoms with Crippen LogP contribution < -0.4 is 10.5 Å². The number of benzene rings is 1. The molecule has 0 saturated carbocycles. The lowest BCUT2D eigenvalue weighted by Crippen LogP contribution is -2.33. The summed E-state index contributed by atoms with van der Waals surface area (Å²) in [7, 11) is -3.84. The first kappa shape index (κ1) is 15.3. The Balaban J connectivity index is 2.06. The number of carbonyl (C=O) groups is 2. The van der Waals surface area contributed by atoms with E-state index in [1.165, 1.54) is 29.2 Å². The van der Waals surface area contributed by atoms with E-state index in [0.29, 0.717) is 13.0 Å². The second-order valence-corrected chi connectivity index (χ2v) is 6.33. The highest BCUT2D eigenvalue weighted by Crippen LogP contribution is 2.19. The van der Waals surface area contributed by atoms with Gasteiger partial charge in [-0.2, -0.15) is 0 Å². The van der Waals surface area contributed by atoms with Crippen molar-refractivity contribution in [1.82, 2.24) is 4.90 Å². The molecule has 1 fully saturated rings. The predicted molar refractivity (Wildman–Crippen MR) is 74.1 cm³/mol. The average molecular weight is 313 g/mol. The van der Waals surface area contributed by atoms with Crippen molar-refractivity contribution in [3.63, 3.8) is 0 Å². The van der Waals surface area contributed by atoms with Gasteiger partial charge >= 0.3 is 12.0 Å². The van der Waals surface area contributed by atoms with E-state index in [4.69, 9.17) is 10.2 Å². The zero-order valence-corrected chi connectivity index (χ0v) is 11.8. The van der Waals surface area contributed by atoms with Gasteiger partial charge in [0, 0.05) is 18.8 Å². The molecule has 0 aliphatic carbocycles. The largest absolute Gasteiger partial charge is 0.481 e. The lowest BCUT2D eigenvalue weighted by atomic mass is 10.1. The van der Waals surface area contributed by atoms with Crippen LogP contribution in [0.25, 0.3) is 0 Å². The number of aliphatic carboxylic acids is 1. The van der Waals surface area contributed by atoms with Crippen LogP contribution in [0.5, 0.6) is 0 Å². The standard InChI is InChI=1S/C12H15N3O5S/c13-21(19,20)10-3-1-2-9(6-10)14-12(18)15-5-4-8(7-15)11(16)17/h1-3,6,8H,4-5,7H2,(H,14,18)(H,16,17)(H2,13,19,20). The lowest BCUT2D eigenvalue weighted by Gasteiger charge is -2.17. The van der Waals surface area contributed by atoms with Crippen molar-refractivity contribution in [1.29, 1.82) is 0 Å². The minimum Gasteiger partial charge on any atom is -0.481 e. The third-order valence-electron chi connectivity index (χ3n) is 3.24. The molecule has 2 rings (SSSR count). The molecule has 0 spiro atoms. The molecule has 1 aliphatic rings. The SMILES string of the molecule is NS(=O)(=O)c1cccc(NC(=O)N2CCC(C(=O)O)C2)c1. The van der Waals surface area contributed by atoms with Crippen molar-refractivity contribution in [3.8, 4) is 0 Å². The van der Waals surface area contributed by atoms with Crippen LogP contribution in [-0.2, 0) is 14.8 Å². The fourth-order valence-electron chi connectivity index (χ4n) is 2.10. The molecule has 1 aromatic carbocycles. The molecule has 114 valence electrons. The molecule has 1 saturated heterocycles. The molecule has 9 heteroatoms. The van der Waals surface area contributed by atoms with Gasteiger partial charge in [-0.05, 0) is 24.6 Å². The van der Waals surface area contributed by atoms with Crippen molar-refractivity contribution in [2.45, 2.75) is 11.3 Å². The van der Waals surface area contributed by atoms with Gasteiger partial charge in [0.05, 0.1) is 10.8 Å². The smallest absolute Gasteiger partial charge is 0.321 e. The summed E-state index contributed by atoms with van der Waals surface area (Å²) < 4.78 is 22.5. The van der Waals surface area contributed by atoms with Crippen LogP contribution in [0.1, 0.15) is 6.42 Å². The third-order valence-corrected chi connectivity index (χ3v) is 4.15. The van der Waals surface area contributed by atoms with Gasteiger partial charge in [0.15, 0.2) is 0 Å². The molecular formula is C12H15N3O5S. The number of nitrogens with zero attached hydrogens (tertiary/aromatic N) is 1. The molecule has 4 N–H and O–H groups in total. The number of hydrogen-bond donors (Lipinski definition) is 3. The van der Waals surface area contributed by atoms with E-state index in [0.717, 1.165) is 0 Å². The molecule has 1 atom stereocenters. The molecule has 0 bridgehead atoms. The van der Waals surface area contributed by atoms with Crippen molar-refractivity contribution < 1.29 is 23.1 Å². The minimum atomic E-state index is -3.84. The van der Waals surface area contributed by atoms with E-state index in [9.17, 15) is 18.0 Å². The number of nitrogens with one attached hydrogen (secondary N) is 1. The number of primary sulfonamides is 1. The Hall–Kier alpha value is -2.13. The average Bonchev–Trinajstić information content (AvgIpc) is 2.88. The van der Waals surface area contributed by atoms with Crippen LogP contribution in [-0.4, -0.2) is 43.5 Å². The predicted octanol–water partition coefficient (Wildman–Crippen LogP) is 0.272. The van der Waals surface area contributed by atoms with Crippen LogP contribution >= 0.6 is 0 Å². The monoisotopic (exact) mass is 313 g/mol. The van der Waals surface area contributed by atoms with Gasteiger partial charge in [0.1, 0.15) is 0 Å². The van der Waals surface area contributed by atoms with E-state index >= 15 is 0 Å². The maximum absolute atomic E-state index is 12.0. The fraction of sp³-hybridized carbons (Fsp3) is 0.333. The quantitative estimate of drug-likeness (QED) is 0.737. The number of sulfonamides is 1. The molecule has 1 aliphatic heterocycles. The Morgan fingerprint density at radius 3 is 2.67 bits per heavy atom. The number of carboxylic acids is 1. The molecule has 0 aromatic heterocycles. The van der Waals surface area contributed by atoms with Gasteiger partial charge in [0.2, 0.25) is 10.0 Å². The van der Waals surface area contributed by atoms with Gasteiger partial charge in [-0.1, -0.05) is 6.07 Å². The maximum atomic E-state index is 12.0. The van der Waals surface area contributed by atoms with Crippen molar-refractivity contribution in [3.05, 3.63) is 24.3 Å². The maximum Gasteiger partial charge on any atom is 0.321 e. The molecule has 1 aromatic rings. The van der Waals surface area contributed by atoms with Crippen molar-refractivity contribution in [2.75, 3.05) is 18.4 Å². The third kappa shape index (κ3) is 3.70. The lowest BCUT2D eigenvalue weighted by molar-refractivity contribution is -0.141. The molecule has 21 heavy (non-hydrogen) atoms. The van der Waals surface area contributed by atoms with Crippen LogP contribution in [0.3, 0.4) is 0 Å². The summed E-state index contributed by atoms with van der Waals surface area (Å²) in [6.45, 7) is 0.480. The van der Waals surface area contributed by atoms with Gasteiger partial charge in [0.25, 0.3) is 0 Å². The first-order valence-corrected chi connectivity index (χ1v) is 7.73. The number of carboxylic acid groups (broad SMARTS) is 1. The number of anilines is 1. The summed E-state index contributed by atoms with van der Waals surface area (Å²) in [6.07, 6.45) is 0.403. The number of hydrogen-bond acceptors (Lipinski definition) is 4. The zero-order chi connectivity index (χ0) is 15.6. The van der Waals surface area contributed by atoms with Gasteiger partial charge < -0.3 is 15.3 Å². The van der Waals surface area contributed by atoms with E-state index < -0.39 is 27.9 Å². The Bertz CT molecular complexity index is 673. The van der Waals surface area contributed by atoms with Gasteiger partial charge in [-0.25, -0.2) is 18.4 Å². The van der Waals surface area contributed by atoms with Gasteiger partial charge in [-0.3, -0.25) is 4.79 Å². The Kier molecular flexibility index (Phi) is 4.14. The zero-order valence-electron chi connectivity index (χ0n) is 11.0. The Morgan fingerprint density at radius 1 is 1.38 bits per heavy atom. The summed E-state index contributed by atoms with van der Waals surface area (Å²) in [5, 5.41) is 16.4. The normalized spacial score (nSPS) is 18.5. The summed E-state index contributed by atoms with van der Waals surface area (Å²) in [5.41, 5.74) is 0.283. The molecule has 0 radical (unpaired) electrons. The first-order chi connectivity index (χ1) is 9.77. The number of nitrogens with two attached hydrogens (primary N) is 1. The summed E-state index contributed by atoms with van der Waals surface area (Å²) >= 11 is 0. The number of carbonyl (C=O) groups excluding carboxylic acids is 1. The fourth-order valence-corrected chi connectivity index (χ4v) is 2.66. The van der Waals surface area contributed by atoms with E-state index in [2.05, 4.69) is 5.32 Å². The second kappa shape index (κ2) is 5.70. The topological polar surface area (TPSA) is 130 Å². The second-order valence-electron chi connectivity index (χ2n) is 4.77. The van der Waals surface area contributed by atoms with E-state index in [-0.39, 0.29) is 17.1 Å². The van der Waals surface area contributed by atoms with Gasteiger partial charge in [-0.15, -0.1) is 0 Å². The Morgan fingerprint density at radius 2 is 2.10 bits per heavy atom. The number of amides is 2. The molecule has 1 unspecified atom stereocenters. The highest BCUT2D eigenvalue weighted by atomic mass is 32.2. The highest BCUT2D eigenvalue weighted by Gasteiger charge is 2.30. The van der Waals surface area contributed by atoms with Crippen molar-refractivity contribution in [2.24, 2.45) is 11.1 Å². The Labute approximate surface area is 121 Å². The molecule has 1 heterocycles. The number of urea groups is 1. The van der Waals surface area contributed by atoms with Crippen LogP contribution in [0.4, 0.5) is 10.5 Å². The van der Waals surface area contributed by atoms with E-state index in [1.54, 1.807) is 0 Å². The molecular weight excluding hydrogens is 298 g/mol. The van der Waals surface area contributed by atoms with E-state index in [1.807, 2.05) is 0 Å². The molecule has 2 amide bonds. The summed E-state index contributed by atoms with van der Waals surface area (Å²) in [6, 6.07) is 5.08. The van der Waals surface area contributed by atoms with Crippen LogP contribution in [0.15, 0.2) is 29.2 Å². The number of likely N-dealkylation sites (tertiary alicyclic amines) is 1. The first-order valence-electron chi connectivity index (χ1n) is 6.19. The van der Waals surface area contributed by atoms with Crippen molar-refractivity contribution >= 4 is 27.7 Å².